The van der Waals surface area contributed by atoms with Crippen LogP contribution in [0.4, 0.5) is 5.82 Å². The van der Waals surface area contributed by atoms with Gasteiger partial charge in [0.25, 0.3) is 0 Å². The third-order valence-corrected chi connectivity index (χ3v) is 3.28. The van der Waals surface area contributed by atoms with Crippen molar-refractivity contribution >= 4 is 17.6 Å². The molecule has 0 radical (unpaired) electrons. The van der Waals surface area contributed by atoms with Gasteiger partial charge in [0.2, 0.25) is 0 Å². The van der Waals surface area contributed by atoms with Gasteiger partial charge in [0.05, 0.1) is 0 Å². The Labute approximate surface area is 108 Å². The number of thioether (sulfide) groups is 1. The summed E-state index contributed by atoms with van der Waals surface area (Å²) in [5.41, 5.74) is 0. The summed E-state index contributed by atoms with van der Waals surface area (Å²) in [6.07, 6.45) is 0. The number of hydrogen-bond donors (Lipinski definition) is 1. The van der Waals surface area contributed by atoms with Gasteiger partial charge in [-0.2, -0.15) is 0 Å². The summed E-state index contributed by atoms with van der Waals surface area (Å²) in [7, 11) is 1.66. The van der Waals surface area contributed by atoms with Crippen LogP contribution in [0.2, 0.25) is 0 Å². The van der Waals surface area contributed by atoms with Gasteiger partial charge in [-0.05, 0) is 12.8 Å². The summed E-state index contributed by atoms with van der Waals surface area (Å²) in [4.78, 5) is 8.84. The van der Waals surface area contributed by atoms with Crippen LogP contribution in [-0.4, -0.2) is 29.4 Å². The van der Waals surface area contributed by atoms with Crippen LogP contribution in [0.15, 0.2) is 11.1 Å². The molecule has 96 valence electrons. The average molecular weight is 255 g/mol. The molecule has 0 bridgehead atoms. The van der Waals surface area contributed by atoms with Crippen molar-refractivity contribution < 1.29 is 4.74 Å². The molecule has 0 saturated heterocycles. The van der Waals surface area contributed by atoms with Gasteiger partial charge in [0.15, 0.2) is 5.82 Å². The fourth-order valence-electron chi connectivity index (χ4n) is 1.26. The maximum atomic E-state index is 5.08. The summed E-state index contributed by atoms with van der Waals surface area (Å²) in [5.74, 6) is 3.33. The van der Waals surface area contributed by atoms with Crippen molar-refractivity contribution in [2.45, 2.75) is 32.4 Å². The quantitative estimate of drug-likeness (QED) is 0.599. The van der Waals surface area contributed by atoms with Crippen molar-refractivity contribution in [3.63, 3.8) is 0 Å². The molecule has 1 aromatic heterocycles. The van der Waals surface area contributed by atoms with Gasteiger partial charge in [-0.3, -0.25) is 0 Å². The van der Waals surface area contributed by atoms with E-state index in [4.69, 9.17) is 4.74 Å². The first-order chi connectivity index (χ1) is 8.15. The third-order valence-electron chi connectivity index (χ3n) is 1.94. The highest BCUT2D eigenvalue weighted by Crippen LogP contribution is 2.21. The molecule has 0 aliphatic rings. The van der Waals surface area contributed by atoms with Crippen molar-refractivity contribution in [1.82, 2.24) is 9.97 Å². The third kappa shape index (κ3) is 5.37. The molecule has 5 heteroatoms. The topological polar surface area (TPSA) is 47.0 Å². The van der Waals surface area contributed by atoms with Gasteiger partial charge in [-0.15, -0.1) is 11.8 Å². The Bertz CT molecular complexity index is 320. The lowest BCUT2D eigenvalue weighted by molar-refractivity contribution is 0.177. The van der Waals surface area contributed by atoms with E-state index in [1.54, 1.807) is 18.9 Å². The second kappa shape index (κ2) is 7.50. The van der Waals surface area contributed by atoms with E-state index in [1.807, 2.05) is 6.07 Å². The zero-order valence-electron chi connectivity index (χ0n) is 11.0. The largest absolute Gasteiger partial charge is 0.377 e. The highest BCUT2D eigenvalue weighted by molar-refractivity contribution is 7.99. The zero-order valence-corrected chi connectivity index (χ0v) is 11.8. The van der Waals surface area contributed by atoms with Gasteiger partial charge in [0, 0.05) is 25.5 Å². The van der Waals surface area contributed by atoms with Crippen molar-refractivity contribution in [3.8, 4) is 0 Å². The van der Waals surface area contributed by atoms with Crippen LogP contribution in [0.5, 0.6) is 0 Å². The van der Waals surface area contributed by atoms with Crippen LogP contribution in [-0.2, 0) is 11.3 Å². The molecule has 0 fully saturated rings. The first-order valence-corrected chi connectivity index (χ1v) is 6.87. The highest BCUT2D eigenvalue weighted by atomic mass is 32.2. The van der Waals surface area contributed by atoms with E-state index in [-0.39, 0.29) is 0 Å². The fraction of sp³-hybridized carbons (Fsp3) is 0.667. The van der Waals surface area contributed by atoms with Gasteiger partial charge in [0.1, 0.15) is 17.5 Å². The molecule has 4 nitrogen and oxygen atoms in total. The molecule has 0 aliphatic carbocycles. The number of ether oxygens (including phenoxy) is 1. The van der Waals surface area contributed by atoms with Crippen LogP contribution < -0.4 is 5.32 Å². The molecule has 0 spiro atoms. The first-order valence-electron chi connectivity index (χ1n) is 5.89. The minimum absolute atomic E-state index is 0.453. The lowest BCUT2D eigenvalue weighted by Gasteiger charge is -2.09. The number of nitrogens with zero attached hydrogens (tertiary/aromatic N) is 2. The molecule has 1 rings (SSSR count). The van der Waals surface area contributed by atoms with E-state index >= 15 is 0 Å². The van der Waals surface area contributed by atoms with Crippen LogP contribution in [0.1, 0.15) is 26.6 Å². The maximum absolute atomic E-state index is 5.08. The van der Waals surface area contributed by atoms with E-state index in [0.717, 1.165) is 29.0 Å². The molecule has 1 heterocycles. The number of hydrogen-bond acceptors (Lipinski definition) is 5. The zero-order chi connectivity index (χ0) is 12.7. The monoisotopic (exact) mass is 255 g/mol. The second-order valence-electron chi connectivity index (χ2n) is 4.18. The standard InChI is InChI=1S/C12H21N3OS/c1-5-13-10-6-12(17-8-9(2)3)15-11(14-10)7-16-4/h6,9H,5,7-8H2,1-4H3,(H,13,14,15). The van der Waals surface area contributed by atoms with Gasteiger partial charge in [-0.1, -0.05) is 13.8 Å². The van der Waals surface area contributed by atoms with E-state index in [2.05, 4.69) is 36.1 Å². The Balaban J connectivity index is 2.79. The summed E-state index contributed by atoms with van der Waals surface area (Å²) >= 11 is 1.76. The summed E-state index contributed by atoms with van der Waals surface area (Å²) in [6, 6.07) is 2.00. The van der Waals surface area contributed by atoms with Crippen molar-refractivity contribution in [3.05, 3.63) is 11.9 Å². The molecule has 1 aromatic rings. The number of aromatic nitrogens is 2. The van der Waals surface area contributed by atoms with E-state index < -0.39 is 0 Å². The number of anilines is 1. The van der Waals surface area contributed by atoms with Gasteiger partial charge in [-0.25, -0.2) is 9.97 Å². The fourth-order valence-corrected chi connectivity index (χ4v) is 2.13. The van der Waals surface area contributed by atoms with Crippen molar-refractivity contribution in [2.24, 2.45) is 5.92 Å². The molecule has 1 N–H and O–H groups in total. The van der Waals surface area contributed by atoms with E-state index in [1.165, 1.54) is 0 Å². The first kappa shape index (κ1) is 14.3. The molecular formula is C12H21N3OS. The lowest BCUT2D eigenvalue weighted by atomic mass is 10.3. The lowest BCUT2D eigenvalue weighted by Crippen LogP contribution is -2.05. The smallest absolute Gasteiger partial charge is 0.157 e. The SMILES string of the molecule is CCNc1cc(SCC(C)C)nc(COC)n1. The second-order valence-corrected chi connectivity index (χ2v) is 5.22. The Morgan fingerprint density at radius 3 is 2.76 bits per heavy atom. The summed E-state index contributed by atoms with van der Waals surface area (Å²) < 4.78 is 5.08. The van der Waals surface area contributed by atoms with Gasteiger partial charge >= 0.3 is 0 Å². The molecule has 0 aliphatic heterocycles. The predicted octanol–water partition coefficient (Wildman–Crippen LogP) is 2.80. The molecule has 0 unspecified atom stereocenters. The molecule has 17 heavy (non-hydrogen) atoms. The van der Waals surface area contributed by atoms with Crippen molar-refractivity contribution in [1.29, 1.82) is 0 Å². The average Bonchev–Trinajstić information content (AvgIpc) is 2.27. The molecular weight excluding hydrogens is 234 g/mol. The van der Waals surface area contributed by atoms with Gasteiger partial charge < -0.3 is 10.1 Å². The van der Waals surface area contributed by atoms with E-state index in [0.29, 0.717) is 12.5 Å². The summed E-state index contributed by atoms with van der Waals surface area (Å²) in [5, 5.41) is 4.23. The van der Waals surface area contributed by atoms with Crippen molar-refractivity contribution in [2.75, 3.05) is 24.7 Å². The van der Waals surface area contributed by atoms with Crippen LogP contribution in [0.3, 0.4) is 0 Å². The minimum Gasteiger partial charge on any atom is -0.377 e. The minimum atomic E-state index is 0.453. The summed E-state index contributed by atoms with van der Waals surface area (Å²) in [6.45, 7) is 7.77. The molecule has 0 atom stereocenters. The Kier molecular flexibility index (Phi) is 6.29. The Morgan fingerprint density at radius 1 is 1.41 bits per heavy atom. The van der Waals surface area contributed by atoms with Crippen LogP contribution >= 0.6 is 11.8 Å². The molecule has 0 amide bonds. The highest BCUT2D eigenvalue weighted by Gasteiger charge is 2.05. The van der Waals surface area contributed by atoms with Crippen LogP contribution in [0.25, 0.3) is 0 Å². The maximum Gasteiger partial charge on any atom is 0.157 e. The number of rotatable bonds is 7. The normalized spacial score (nSPS) is 10.9. The Morgan fingerprint density at radius 2 is 2.18 bits per heavy atom. The molecule has 0 saturated carbocycles. The predicted molar refractivity (Wildman–Crippen MR) is 72.5 cm³/mol. The van der Waals surface area contributed by atoms with E-state index in [9.17, 15) is 0 Å². The Hall–Kier alpha value is -0.810. The number of nitrogens with one attached hydrogen (secondary N) is 1. The van der Waals surface area contributed by atoms with Crippen LogP contribution in [0, 0.1) is 5.92 Å². The number of methoxy groups -OCH3 is 1. The molecule has 0 aromatic carbocycles.